The third-order valence-electron chi connectivity index (χ3n) is 8.80. The summed E-state index contributed by atoms with van der Waals surface area (Å²) in [6.45, 7) is 7.01. The fourth-order valence-corrected chi connectivity index (χ4v) is 9.01. The third kappa shape index (κ3) is 6.22. The Balaban J connectivity index is 1.41. The van der Waals surface area contributed by atoms with E-state index >= 15 is 0 Å². The number of allylic oxidation sites excluding steroid dienone is 2. The Bertz CT molecular complexity index is 1810. The predicted molar refractivity (Wildman–Crippen MR) is 170 cm³/mol. The van der Waals surface area contributed by atoms with Gasteiger partial charge in [0, 0.05) is 37.9 Å². The monoisotopic (exact) mass is 672 g/mol. The second-order valence-corrected chi connectivity index (χ2v) is 16.5. The molecule has 3 aliphatic rings. The molecule has 1 amide bonds. The first kappa shape index (κ1) is 31.9. The number of aromatic nitrogens is 4. The molecule has 1 atom stereocenters. The van der Waals surface area contributed by atoms with Gasteiger partial charge in [-0.3, -0.25) is 4.40 Å². The molecule has 0 radical (unpaired) electrons. The first-order chi connectivity index (χ1) is 21.3. The molecule has 1 aliphatic heterocycles. The number of carbonyl (C=O) groups is 1. The average Bonchev–Trinajstić information content (AvgIpc) is 3.31. The number of hydrogen-bond acceptors (Lipinski definition) is 10. The maximum atomic E-state index is 14.1. The highest BCUT2D eigenvalue weighted by Crippen LogP contribution is 2.49. The standard InChI is InChI=1S/C31H37ClN6O5S2/c1-30(2,3)43-29(39)37-12-7-20(8-13-37)23-16-22(45(40,41)21-6-5-19(15-21)9-14-42-4)17-38-24(23)25(32)34-26(38)27-35-36-28(44-27)31(18-33)10-11-31/h15-17,19-20H,5-14H2,1-4H3/t19-/m1/s1. The first-order valence-electron chi connectivity index (χ1n) is 15.2. The molecular formula is C31H37ClN6O5S2. The molecule has 2 aliphatic carbocycles. The van der Waals surface area contributed by atoms with Crippen LogP contribution >= 0.6 is 22.9 Å². The summed E-state index contributed by atoms with van der Waals surface area (Å²) in [5, 5.41) is 19.7. The molecule has 0 N–H and O–H groups in total. The van der Waals surface area contributed by atoms with Crippen molar-refractivity contribution in [2.24, 2.45) is 5.92 Å². The highest BCUT2D eigenvalue weighted by atomic mass is 35.5. The smallest absolute Gasteiger partial charge is 0.410 e. The van der Waals surface area contributed by atoms with E-state index in [1.807, 2.05) is 26.8 Å². The number of fused-ring (bicyclic) bond motifs is 1. The van der Waals surface area contributed by atoms with Gasteiger partial charge in [0.2, 0.25) is 9.84 Å². The number of piperidine rings is 1. The van der Waals surface area contributed by atoms with E-state index in [4.69, 9.17) is 21.1 Å². The van der Waals surface area contributed by atoms with Crippen molar-refractivity contribution in [2.45, 2.75) is 87.5 Å². The second kappa shape index (κ2) is 12.0. The number of halogens is 1. The Morgan fingerprint density at radius 2 is 1.96 bits per heavy atom. The fraction of sp³-hybridized carbons (Fsp3) is 0.581. The van der Waals surface area contributed by atoms with Gasteiger partial charge in [0.25, 0.3) is 0 Å². The summed E-state index contributed by atoms with van der Waals surface area (Å²) >= 11 is 8.10. The lowest BCUT2D eigenvalue weighted by Crippen LogP contribution is -2.41. The van der Waals surface area contributed by atoms with E-state index in [1.165, 1.54) is 11.3 Å². The van der Waals surface area contributed by atoms with Gasteiger partial charge >= 0.3 is 6.09 Å². The lowest BCUT2D eigenvalue weighted by atomic mass is 9.89. The molecule has 6 rings (SSSR count). The van der Waals surface area contributed by atoms with Crippen LogP contribution in [0, 0.1) is 17.2 Å². The van der Waals surface area contributed by atoms with E-state index < -0.39 is 20.9 Å². The van der Waals surface area contributed by atoms with Gasteiger partial charge in [0.15, 0.2) is 16.0 Å². The Hall–Kier alpha value is -3.05. The maximum Gasteiger partial charge on any atom is 0.410 e. The largest absolute Gasteiger partial charge is 0.444 e. The molecule has 2 fully saturated rings. The number of ether oxygens (including phenoxy) is 2. The van der Waals surface area contributed by atoms with Crippen LogP contribution in [0.25, 0.3) is 16.3 Å². The van der Waals surface area contributed by atoms with Crippen LogP contribution in [0.3, 0.4) is 0 Å². The third-order valence-corrected chi connectivity index (χ3v) is 12.1. The second-order valence-electron chi connectivity index (χ2n) is 13.1. The number of methoxy groups -OCH3 is 1. The number of sulfone groups is 1. The molecule has 0 spiro atoms. The van der Waals surface area contributed by atoms with Crippen LogP contribution in [0.5, 0.6) is 0 Å². The zero-order valence-corrected chi connectivity index (χ0v) is 28.3. The minimum Gasteiger partial charge on any atom is -0.444 e. The molecule has 0 aromatic carbocycles. The van der Waals surface area contributed by atoms with Crippen molar-refractivity contribution in [3.05, 3.63) is 39.0 Å². The summed E-state index contributed by atoms with van der Waals surface area (Å²) in [7, 11) is -2.18. The van der Waals surface area contributed by atoms with Crippen LogP contribution in [0.2, 0.25) is 5.15 Å². The van der Waals surface area contributed by atoms with Crippen molar-refractivity contribution in [3.63, 3.8) is 0 Å². The van der Waals surface area contributed by atoms with Crippen molar-refractivity contribution >= 4 is 44.4 Å². The summed E-state index contributed by atoms with van der Waals surface area (Å²) in [5.74, 6) is 0.451. The quantitative estimate of drug-likeness (QED) is 0.270. The Morgan fingerprint density at radius 3 is 2.60 bits per heavy atom. The fourth-order valence-electron chi connectivity index (χ4n) is 6.12. The molecular weight excluding hydrogens is 636 g/mol. The highest BCUT2D eigenvalue weighted by Gasteiger charge is 2.48. The number of hydrogen-bond donors (Lipinski definition) is 0. The molecule has 240 valence electrons. The van der Waals surface area contributed by atoms with Crippen LogP contribution in [0.15, 0.2) is 28.1 Å². The van der Waals surface area contributed by atoms with E-state index in [2.05, 4.69) is 21.3 Å². The summed E-state index contributed by atoms with van der Waals surface area (Å²) < 4.78 is 40.8. The SMILES string of the molecule is COCC[C@@H]1C=C(S(=O)(=O)c2cc(C3CCN(C(=O)OC(C)(C)C)CC3)c3c(Cl)nc(-c4nnc(C5(C#N)CC5)s4)n3c2)CC1. The number of pyridine rings is 1. The number of likely N-dealkylation sites (tertiary alicyclic amines) is 1. The number of amides is 1. The number of nitriles is 1. The van der Waals surface area contributed by atoms with Crippen LogP contribution in [0.1, 0.15) is 82.2 Å². The van der Waals surface area contributed by atoms with E-state index in [1.54, 1.807) is 28.7 Å². The highest BCUT2D eigenvalue weighted by molar-refractivity contribution is 7.95. The summed E-state index contributed by atoms with van der Waals surface area (Å²) in [6, 6.07) is 4.09. The van der Waals surface area contributed by atoms with Gasteiger partial charge in [-0.2, -0.15) is 5.26 Å². The molecule has 11 nitrogen and oxygen atoms in total. The van der Waals surface area contributed by atoms with Crippen molar-refractivity contribution < 1.29 is 22.7 Å². The molecule has 3 aromatic heterocycles. The maximum absolute atomic E-state index is 14.1. The van der Waals surface area contributed by atoms with Crippen molar-refractivity contribution in [2.75, 3.05) is 26.8 Å². The Morgan fingerprint density at radius 1 is 1.22 bits per heavy atom. The predicted octanol–water partition coefficient (Wildman–Crippen LogP) is 6.28. The lowest BCUT2D eigenvalue weighted by molar-refractivity contribution is 0.0205. The van der Waals surface area contributed by atoms with Gasteiger partial charge < -0.3 is 14.4 Å². The van der Waals surface area contributed by atoms with Gasteiger partial charge in [-0.1, -0.05) is 29.0 Å². The molecule has 45 heavy (non-hydrogen) atoms. The van der Waals surface area contributed by atoms with Crippen LogP contribution in [-0.4, -0.2) is 71.4 Å². The molecule has 1 saturated carbocycles. The summed E-state index contributed by atoms with van der Waals surface area (Å²) in [4.78, 5) is 19.7. The molecule has 0 bridgehead atoms. The topological polar surface area (TPSA) is 140 Å². The molecule has 4 heterocycles. The van der Waals surface area contributed by atoms with Crippen LogP contribution < -0.4 is 0 Å². The van der Waals surface area contributed by atoms with E-state index in [0.717, 1.165) is 31.2 Å². The number of nitrogens with zero attached hydrogens (tertiary/aromatic N) is 6. The number of carbonyl (C=O) groups excluding carboxylic acids is 1. The minimum absolute atomic E-state index is 0.0753. The molecule has 14 heteroatoms. The van der Waals surface area contributed by atoms with E-state index in [0.29, 0.717) is 65.2 Å². The van der Waals surface area contributed by atoms with E-state index in [9.17, 15) is 18.5 Å². The van der Waals surface area contributed by atoms with Gasteiger partial charge in [-0.05, 0) is 89.2 Å². The van der Waals surface area contributed by atoms with Gasteiger partial charge in [0.05, 0.1) is 16.5 Å². The van der Waals surface area contributed by atoms with Crippen LogP contribution in [-0.2, 0) is 24.7 Å². The zero-order chi connectivity index (χ0) is 32.1. The molecule has 3 aromatic rings. The normalized spacial score (nSPS) is 20.3. The number of rotatable bonds is 8. The van der Waals surface area contributed by atoms with Crippen molar-refractivity contribution in [1.29, 1.82) is 5.26 Å². The Kier molecular flexibility index (Phi) is 8.48. The van der Waals surface area contributed by atoms with Gasteiger partial charge in [-0.15, -0.1) is 10.2 Å². The van der Waals surface area contributed by atoms with Gasteiger partial charge in [0.1, 0.15) is 16.0 Å². The Labute approximate surface area is 272 Å². The first-order valence-corrected chi connectivity index (χ1v) is 17.9. The van der Waals surface area contributed by atoms with Crippen molar-refractivity contribution in [3.8, 4) is 16.9 Å². The lowest BCUT2D eigenvalue weighted by Gasteiger charge is -2.34. The van der Waals surface area contributed by atoms with E-state index in [-0.39, 0.29) is 28.0 Å². The van der Waals surface area contributed by atoms with Gasteiger partial charge in [-0.25, -0.2) is 18.2 Å². The summed E-state index contributed by atoms with van der Waals surface area (Å²) in [5.41, 5.74) is 0.165. The minimum atomic E-state index is -3.83. The van der Waals surface area contributed by atoms with Crippen molar-refractivity contribution in [1.82, 2.24) is 24.5 Å². The molecule has 0 unspecified atom stereocenters. The molecule has 1 saturated heterocycles. The van der Waals surface area contributed by atoms with Crippen LogP contribution in [0.4, 0.5) is 4.79 Å². The average molecular weight is 673 g/mol. The zero-order valence-electron chi connectivity index (χ0n) is 25.9. The summed E-state index contributed by atoms with van der Waals surface area (Å²) in [6.07, 6.45) is 7.75. The number of imidazole rings is 1.